The number of fused-ring (bicyclic) bond motifs is 3. The molecule has 0 unspecified atom stereocenters. The number of hydrogen-bond acceptors (Lipinski definition) is 16. The number of ether oxygens (including phenoxy) is 4. The number of aliphatic hydroxyl groups is 7. The third-order valence-electron chi connectivity index (χ3n) is 14.7. The van der Waals surface area contributed by atoms with Crippen molar-refractivity contribution in [3.05, 3.63) is 41.0 Å². The molecule has 2 aliphatic carbocycles. The van der Waals surface area contributed by atoms with E-state index in [-0.39, 0.29) is 77.5 Å². The van der Waals surface area contributed by atoms with Crippen LogP contribution in [0.2, 0.25) is 0 Å². The molecule has 14 nitrogen and oxygen atoms in total. The molecule has 0 radical (unpaired) electrons. The molecule has 0 bridgehead atoms. The summed E-state index contributed by atoms with van der Waals surface area (Å²) >= 11 is 0. The van der Waals surface area contributed by atoms with Crippen LogP contribution in [0.4, 0.5) is 0 Å². The Kier molecular flexibility index (Phi) is 20.6. The van der Waals surface area contributed by atoms with Crippen molar-refractivity contribution in [2.75, 3.05) is 52.8 Å². The summed E-state index contributed by atoms with van der Waals surface area (Å²) in [7, 11) is 4.29. The van der Waals surface area contributed by atoms with E-state index in [0.29, 0.717) is 61.2 Å². The molecule has 2 heterocycles. The van der Waals surface area contributed by atoms with E-state index in [1.54, 1.807) is 12.1 Å². The fraction of sp³-hybridized carbons (Fsp3) is 0.720. The molecule has 2 aliphatic heterocycles. The van der Waals surface area contributed by atoms with E-state index in [1.165, 1.54) is 34.8 Å². The first kappa shape index (κ1) is 52.7. The number of methoxy groups -OCH3 is 1. The van der Waals surface area contributed by atoms with Gasteiger partial charge in [0.1, 0.15) is 6.79 Å². The first-order valence-electron chi connectivity index (χ1n) is 24.1. The summed E-state index contributed by atoms with van der Waals surface area (Å²) in [5.41, 5.74) is 2.07. The van der Waals surface area contributed by atoms with Gasteiger partial charge in [-0.2, -0.15) is 0 Å². The second kappa shape index (κ2) is 25.8. The largest absolute Gasteiger partial charge is 0.504 e. The van der Waals surface area contributed by atoms with E-state index in [2.05, 4.69) is 24.1 Å². The lowest BCUT2D eigenvalue weighted by molar-refractivity contribution is -0.0808. The van der Waals surface area contributed by atoms with Crippen LogP contribution in [-0.2, 0) is 17.6 Å². The minimum atomic E-state index is -1.08. The van der Waals surface area contributed by atoms with Gasteiger partial charge in [-0.25, -0.2) is 0 Å². The minimum Gasteiger partial charge on any atom is -0.504 e. The Balaban J connectivity index is 1.27. The zero-order valence-corrected chi connectivity index (χ0v) is 40.3. The van der Waals surface area contributed by atoms with E-state index in [0.717, 1.165) is 75.6 Å². The van der Waals surface area contributed by atoms with Crippen LogP contribution in [0.5, 0.6) is 28.7 Å². The molecule has 2 saturated carbocycles. The Hall–Kier alpha value is -2.66. The summed E-state index contributed by atoms with van der Waals surface area (Å²) in [5.74, 6) is 8.67. The quantitative estimate of drug-likeness (QED) is 0.0561. The van der Waals surface area contributed by atoms with Crippen LogP contribution in [0.1, 0.15) is 112 Å². The Morgan fingerprint density at radius 3 is 2.45 bits per heavy atom. The van der Waals surface area contributed by atoms with E-state index >= 15 is 0 Å². The van der Waals surface area contributed by atoms with Crippen molar-refractivity contribution in [2.24, 2.45) is 35.0 Å². The molecule has 10 N–H and O–H groups in total. The van der Waals surface area contributed by atoms with Crippen molar-refractivity contribution in [1.29, 1.82) is 0 Å². The molecule has 2 aromatic rings. The maximum atomic E-state index is 11.8. The second-order valence-electron chi connectivity index (χ2n) is 19.1. The van der Waals surface area contributed by atoms with Crippen LogP contribution < -0.4 is 19.5 Å². The van der Waals surface area contributed by atoms with Gasteiger partial charge in [0.15, 0.2) is 29.8 Å². The molecule has 0 saturated heterocycles. The number of nitrogens with one attached hydrogen (secondary N) is 1. The lowest BCUT2D eigenvalue weighted by Gasteiger charge is -2.53. The highest BCUT2D eigenvalue weighted by atomic mass is 33.1. The topological polar surface area (TPSA) is 231 Å². The Morgan fingerprint density at radius 1 is 0.879 bits per heavy atom. The predicted molar refractivity (Wildman–Crippen MR) is 255 cm³/mol. The standard InChI is InChI=1S/C50H75NO13S2/c1-31-5-8-35(9-10-36(56)13-17-52)50(26-31)15-3-4-16-51-27-34-7-12-38(23-41(34)50)64-45-22-33-6-11-37(62-29-54)24-42(57)40(19-32-20-46(61-2)49(60)47(21-32)63-30-55)44(59)28-65-66-48(14-18-53)39(33)25-43(45)58/h20-22,25,31,34-38,40-42,44,48,51-60H,4-14,16-19,23-24,26-30H2,1-2H3/t31-,34-,35+,36-,37-,38+,40-,41+,42+,44-,48-,50-/m0/s1. The minimum absolute atomic E-state index is 0.00293. The van der Waals surface area contributed by atoms with Crippen molar-refractivity contribution < 1.29 is 64.9 Å². The van der Waals surface area contributed by atoms with Gasteiger partial charge in [0.25, 0.3) is 0 Å². The van der Waals surface area contributed by atoms with Crippen LogP contribution in [0.25, 0.3) is 0 Å². The molecule has 0 amide bonds. The number of rotatable bonds is 16. The lowest BCUT2D eigenvalue weighted by Crippen LogP contribution is -2.50. The zero-order chi connectivity index (χ0) is 47.2. The molecule has 1 spiro atoms. The highest BCUT2D eigenvalue weighted by Gasteiger charge is 2.52. The SMILES string of the molecule is COc1cc(C[C@H]2[C@H](O)C[C@@H](OCO)CCc3cc(O[C@@H]4CC[C@H]5CNCCC#C[C@@]6(C[C@@H](C)CC[C@@H]6CC[C@H](O)CCO)[C@@H]5C4)c(O)cc3[C@H](CCO)SSC[C@@H]2O)cc(OCO)c1O. The van der Waals surface area contributed by atoms with E-state index in [4.69, 9.17) is 18.9 Å². The third-order valence-corrected chi connectivity index (χ3v) is 17.6. The molecule has 0 aromatic heterocycles. The van der Waals surface area contributed by atoms with Gasteiger partial charge in [0.05, 0.1) is 37.6 Å². The third kappa shape index (κ3) is 13.6. The average Bonchev–Trinajstić information content (AvgIpc) is 3.38. The highest BCUT2D eigenvalue weighted by Crippen LogP contribution is 2.57. The van der Waals surface area contributed by atoms with Crippen molar-refractivity contribution in [3.8, 4) is 40.6 Å². The summed E-state index contributed by atoms with van der Waals surface area (Å²) in [4.78, 5) is 0. The van der Waals surface area contributed by atoms with Crippen molar-refractivity contribution in [3.63, 3.8) is 0 Å². The van der Waals surface area contributed by atoms with Gasteiger partial charge in [-0.15, -0.1) is 5.92 Å². The van der Waals surface area contributed by atoms with Crippen LogP contribution >= 0.6 is 21.6 Å². The van der Waals surface area contributed by atoms with Crippen molar-refractivity contribution in [2.45, 2.75) is 139 Å². The first-order chi connectivity index (χ1) is 31.9. The lowest BCUT2D eigenvalue weighted by atomic mass is 9.51. The highest BCUT2D eigenvalue weighted by molar-refractivity contribution is 8.76. The van der Waals surface area contributed by atoms with Crippen LogP contribution in [0.3, 0.4) is 0 Å². The van der Waals surface area contributed by atoms with Gasteiger partial charge in [0, 0.05) is 48.5 Å². The van der Waals surface area contributed by atoms with Crippen LogP contribution in [0.15, 0.2) is 24.3 Å². The number of benzene rings is 2. The van der Waals surface area contributed by atoms with E-state index < -0.39 is 43.9 Å². The molecule has 12 atom stereocenters. The monoisotopic (exact) mass is 961 g/mol. The summed E-state index contributed by atoms with van der Waals surface area (Å²) in [6.07, 6.45) is 6.40. The average molecular weight is 962 g/mol. The normalized spacial score (nSPS) is 31.5. The maximum absolute atomic E-state index is 11.8. The predicted octanol–water partition coefficient (Wildman–Crippen LogP) is 5.60. The van der Waals surface area contributed by atoms with Gasteiger partial charge >= 0.3 is 0 Å². The molecule has 6 rings (SSSR count). The Morgan fingerprint density at radius 2 is 1.70 bits per heavy atom. The second-order valence-corrected chi connectivity index (χ2v) is 21.7. The molecule has 2 aromatic carbocycles. The van der Waals surface area contributed by atoms with E-state index in [9.17, 15) is 46.0 Å². The molecule has 2 fully saturated rings. The number of aliphatic hydroxyl groups excluding tert-OH is 7. The number of phenolic OH excluding ortho intramolecular Hbond substituents is 2. The van der Waals surface area contributed by atoms with Gasteiger partial charge < -0.3 is 70.2 Å². The van der Waals surface area contributed by atoms with Crippen LogP contribution in [-0.4, -0.2) is 129 Å². The Bertz CT molecular complexity index is 1880. The first-order valence-corrected chi connectivity index (χ1v) is 26.4. The summed E-state index contributed by atoms with van der Waals surface area (Å²) in [6, 6.07) is 6.79. The molecule has 16 heteroatoms. The number of aromatic hydroxyl groups is 2. The molecular weight excluding hydrogens is 887 g/mol. The van der Waals surface area contributed by atoms with Gasteiger partial charge in [-0.3, -0.25) is 0 Å². The summed E-state index contributed by atoms with van der Waals surface area (Å²) < 4.78 is 23.3. The fourth-order valence-electron chi connectivity index (χ4n) is 11.3. The Labute approximate surface area is 398 Å². The number of phenols is 2. The van der Waals surface area contributed by atoms with Crippen molar-refractivity contribution in [1.82, 2.24) is 5.32 Å². The number of aryl methyl sites for hydroxylation is 1. The smallest absolute Gasteiger partial charge is 0.200 e. The summed E-state index contributed by atoms with van der Waals surface area (Å²) in [6.45, 7) is 2.69. The van der Waals surface area contributed by atoms with E-state index in [1.807, 2.05) is 6.07 Å². The van der Waals surface area contributed by atoms with Gasteiger partial charge in [0.2, 0.25) is 5.75 Å². The van der Waals surface area contributed by atoms with Crippen LogP contribution in [0, 0.1) is 46.8 Å². The maximum Gasteiger partial charge on any atom is 0.200 e. The summed E-state index contributed by atoms with van der Waals surface area (Å²) in [5, 5.41) is 99.2. The molecule has 4 aliphatic rings. The van der Waals surface area contributed by atoms with Gasteiger partial charge in [-0.1, -0.05) is 40.9 Å². The zero-order valence-electron chi connectivity index (χ0n) is 38.7. The molecule has 370 valence electrons. The number of hydrogen-bond donors (Lipinski definition) is 10. The molecular formula is C50H75NO13S2. The molecule has 66 heavy (non-hydrogen) atoms. The van der Waals surface area contributed by atoms with Crippen molar-refractivity contribution >= 4 is 21.6 Å². The van der Waals surface area contributed by atoms with Gasteiger partial charge in [-0.05, 0) is 155 Å². The fourth-order valence-corrected chi connectivity index (χ4v) is 14.3.